The van der Waals surface area contributed by atoms with Crippen molar-refractivity contribution >= 4 is 0 Å². The topological polar surface area (TPSA) is 0 Å². The van der Waals surface area contributed by atoms with E-state index < -0.39 is 0 Å². The summed E-state index contributed by atoms with van der Waals surface area (Å²) < 4.78 is 0. The zero-order valence-corrected chi connectivity index (χ0v) is 11.0. The van der Waals surface area contributed by atoms with Gasteiger partial charge >= 0.3 is 0 Å². The lowest BCUT2D eigenvalue weighted by Gasteiger charge is -2.41. The summed E-state index contributed by atoms with van der Waals surface area (Å²) in [5.74, 6) is 1.59. The third-order valence-corrected chi connectivity index (χ3v) is 4.02. The van der Waals surface area contributed by atoms with Crippen molar-refractivity contribution in [3.8, 4) is 0 Å². The Hall–Kier alpha value is -0.520. The van der Waals surface area contributed by atoms with Crippen LogP contribution in [-0.2, 0) is 0 Å². The highest BCUT2D eigenvalue weighted by Gasteiger charge is 2.34. The fourth-order valence-electron chi connectivity index (χ4n) is 2.80. The molecule has 2 atom stereocenters. The first kappa shape index (κ1) is 12.5. The van der Waals surface area contributed by atoms with E-state index in [1.165, 1.54) is 24.8 Å². The Bertz CT molecular complexity index is 255. The first-order chi connectivity index (χ1) is 6.97. The van der Waals surface area contributed by atoms with Crippen LogP contribution in [0.5, 0.6) is 0 Å². The number of rotatable bonds is 2. The van der Waals surface area contributed by atoms with E-state index in [4.69, 9.17) is 0 Å². The van der Waals surface area contributed by atoms with Gasteiger partial charge in [-0.3, -0.25) is 0 Å². The molecule has 15 heavy (non-hydrogen) atoms. The molecule has 0 radical (unpaired) electrons. The van der Waals surface area contributed by atoms with E-state index in [9.17, 15) is 0 Å². The SMILES string of the molecule is CC=C(C)C=CC1C(C)CCCC1(C)C. The molecule has 0 aromatic heterocycles. The van der Waals surface area contributed by atoms with E-state index in [0.29, 0.717) is 5.41 Å². The third kappa shape index (κ3) is 3.22. The van der Waals surface area contributed by atoms with Crippen LogP contribution in [0.1, 0.15) is 53.9 Å². The van der Waals surface area contributed by atoms with Crippen molar-refractivity contribution in [3.05, 3.63) is 23.8 Å². The Kier molecular flexibility index (Phi) is 4.19. The molecule has 1 rings (SSSR count). The summed E-state index contributed by atoms with van der Waals surface area (Å²) in [6.07, 6.45) is 11.1. The van der Waals surface area contributed by atoms with Gasteiger partial charge in [-0.2, -0.15) is 0 Å². The average Bonchev–Trinajstić information content (AvgIpc) is 2.15. The first-order valence-electron chi connectivity index (χ1n) is 6.28. The van der Waals surface area contributed by atoms with Gasteiger partial charge in [-0.15, -0.1) is 0 Å². The smallest absolute Gasteiger partial charge is 0.0153 e. The van der Waals surface area contributed by atoms with Crippen LogP contribution in [0, 0.1) is 17.3 Å². The highest BCUT2D eigenvalue weighted by molar-refractivity contribution is 5.17. The molecule has 0 bridgehead atoms. The van der Waals surface area contributed by atoms with Crippen LogP contribution in [0.2, 0.25) is 0 Å². The van der Waals surface area contributed by atoms with Gasteiger partial charge in [0.1, 0.15) is 0 Å². The molecule has 0 heterocycles. The highest BCUT2D eigenvalue weighted by atomic mass is 14.4. The highest BCUT2D eigenvalue weighted by Crippen LogP contribution is 2.44. The van der Waals surface area contributed by atoms with E-state index in [0.717, 1.165) is 11.8 Å². The normalized spacial score (nSPS) is 32.2. The lowest BCUT2D eigenvalue weighted by Crippen LogP contribution is -2.32. The van der Waals surface area contributed by atoms with Crippen molar-refractivity contribution in [2.75, 3.05) is 0 Å². The zero-order valence-electron chi connectivity index (χ0n) is 11.0. The molecular formula is C15H26. The predicted molar refractivity (Wildman–Crippen MR) is 68.9 cm³/mol. The van der Waals surface area contributed by atoms with E-state index in [1.807, 2.05) is 0 Å². The van der Waals surface area contributed by atoms with Crippen LogP contribution >= 0.6 is 0 Å². The number of hydrogen-bond acceptors (Lipinski definition) is 0. The number of hydrogen-bond donors (Lipinski definition) is 0. The van der Waals surface area contributed by atoms with Crippen LogP contribution in [0.15, 0.2) is 23.8 Å². The molecule has 86 valence electrons. The maximum atomic E-state index is 2.44. The van der Waals surface area contributed by atoms with Crippen molar-refractivity contribution in [2.24, 2.45) is 17.3 Å². The largest absolute Gasteiger partial charge is 0.0847 e. The molecule has 0 amide bonds. The van der Waals surface area contributed by atoms with Gasteiger partial charge in [0, 0.05) is 0 Å². The predicted octanol–water partition coefficient (Wildman–Crippen LogP) is 4.97. The van der Waals surface area contributed by atoms with E-state index in [2.05, 4.69) is 52.8 Å². The van der Waals surface area contributed by atoms with Gasteiger partial charge in [-0.1, -0.05) is 57.4 Å². The lowest BCUT2D eigenvalue weighted by atomic mass is 9.64. The van der Waals surface area contributed by atoms with Crippen LogP contribution in [0.4, 0.5) is 0 Å². The summed E-state index contributed by atoms with van der Waals surface area (Å²) in [4.78, 5) is 0. The minimum absolute atomic E-state index is 0.488. The third-order valence-electron chi connectivity index (χ3n) is 4.02. The second-order valence-electron chi connectivity index (χ2n) is 5.78. The summed E-state index contributed by atoms with van der Waals surface area (Å²) in [6.45, 7) is 11.5. The molecule has 0 aromatic rings. The molecule has 2 unspecified atom stereocenters. The minimum atomic E-state index is 0.488. The second kappa shape index (κ2) is 5.01. The lowest BCUT2D eigenvalue weighted by molar-refractivity contribution is 0.123. The summed E-state index contributed by atoms with van der Waals surface area (Å²) in [7, 11) is 0. The van der Waals surface area contributed by atoms with Crippen molar-refractivity contribution in [3.63, 3.8) is 0 Å². The van der Waals surface area contributed by atoms with Gasteiger partial charge in [0.2, 0.25) is 0 Å². The molecule has 0 heteroatoms. The first-order valence-corrected chi connectivity index (χ1v) is 6.28. The molecule has 0 N–H and O–H groups in total. The van der Waals surface area contributed by atoms with Crippen LogP contribution < -0.4 is 0 Å². The molecule has 0 saturated heterocycles. The minimum Gasteiger partial charge on any atom is -0.0847 e. The van der Waals surface area contributed by atoms with E-state index in [-0.39, 0.29) is 0 Å². The quantitative estimate of drug-likeness (QED) is 0.559. The molecule has 0 spiro atoms. The fourth-order valence-corrected chi connectivity index (χ4v) is 2.80. The van der Waals surface area contributed by atoms with Crippen molar-refractivity contribution in [1.29, 1.82) is 0 Å². The van der Waals surface area contributed by atoms with E-state index >= 15 is 0 Å². The van der Waals surface area contributed by atoms with Crippen molar-refractivity contribution in [2.45, 2.75) is 53.9 Å². The molecule has 1 aliphatic carbocycles. The van der Waals surface area contributed by atoms with Crippen molar-refractivity contribution in [1.82, 2.24) is 0 Å². The maximum absolute atomic E-state index is 2.44. The van der Waals surface area contributed by atoms with Crippen LogP contribution in [-0.4, -0.2) is 0 Å². The zero-order chi connectivity index (χ0) is 11.5. The molecular weight excluding hydrogens is 180 g/mol. The Morgan fingerprint density at radius 2 is 2.00 bits per heavy atom. The molecule has 1 saturated carbocycles. The Labute approximate surface area is 95.5 Å². The summed E-state index contributed by atoms with van der Waals surface area (Å²) in [6, 6.07) is 0. The fraction of sp³-hybridized carbons (Fsp3) is 0.733. The monoisotopic (exact) mass is 206 g/mol. The molecule has 1 aliphatic rings. The maximum Gasteiger partial charge on any atom is -0.0153 e. The van der Waals surface area contributed by atoms with Crippen LogP contribution in [0.25, 0.3) is 0 Å². The van der Waals surface area contributed by atoms with Gasteiger partial charge in [-0.25, -0.2) is 0 Å². The van der Waals surface area contributed by atoms with E-state index in [1.54, 1.807) is 0 Å². The van der Waals surface area contributed by atoms with Gasteiger partial charge in [0.05, 0.1) is 0 Å². The molecule has 0 aromatic carbocycles. The molecule has 0 aliphatic heterocycles. The molecule has 0 nitrogen and oxygen atoms in total. The van der Waals surface area contributed by atoms with Gasteiger partial charge in [-0.05, 0) is 37.5 Å². The van der Waals surface area contributed by atoms with Crippen LogP contribution in [0.3, 0.4) is 0 Å². The Morgan fingerprint density at radius 3 is 2.53 bits per heavy atom. The summed E-state index contributed by atoms with van der Waals surface area (Å²) >= 11 is 0. The Morgan fingerprint density at radius 1 is 1.33 bits per heavy atom. The van der Waals surface area contributed by atoms with Gasteiger partial charge in [0.15, 0.2) is 0 Å². The molecule has 1 fully saturated rings. The average molecular weight is 206 g/mol. The van der Waals surface area contributed by atoms with Gasteiger partial charge < -0.3 is 0 Å². The Balaban J connectivity index is 2.76. The second-order valence-corrected chi connectivity index (χ2v) is 5.78. The van der Waals surface area contributed by atoms with Crippen molar-refractivity contribution < 1.29 is 0 Å². The number of allylic oxidation sites excluding steroid dienone is 4. The summed E-state index contributed by atoms with van der Waals surface area (Å²) in [5, 5.41) is 0. The standard InChI is InChI=1S/C15H26/c1-6-12(2)9-10-14-13(3)8-7-11-15(14,4)5/h6,9-10,13-14H,7-8,11H2,1-5H3. The van der Waals surface area contributed by atoms with Gasteiger partial charge in [0.25, 0.3) is 0 Å². The summed E-state index contributed by atoms with van der Waals surface area (Å²) in [5.41, 5.74) is 1.87.